The molecule has 0 aromatic rings. The molecule has 3 rings (SSSR count). The molecular weight excluding hydrogens is 180 g/mol. The largest absolute Gasteiger partial charge is 0.0845 e. The van der Waals surface area contributed by atoms with Crippen LogP contribution in [-0.2, 0) is 0 Å². The predicted octanol–water partition coefficient (Wildman–Crippen LogP) is 4.62. The molecule has 0 nitrogen and oxygen atoms in total. The van der Waals surface area contributed by atoms with Gasteiger partial charge in [0.2, 0.25) is 0 Å². The lowest BCUT2D eigenvalue weighted by molar-refractivity contribution is 0.450. The van der Waals surface area contributed by atoms with Crippen LogP contribution in [-0.4, -0.2) is 0 Å². The SMILES string of the molecule is C1=CC2(C3=CCCCCCC3)CCC1C2. The van der Waals surface area contributed by atoms with Crippen LogP contribution in [0.2, 0.25) is 0 Å². The van der Waals surface area contributed by atoms with E-state index in [4.69, 9.17) is 0 Å². The molecule has 0 aromatic carbocycles. The van der Waals surface area contributed by atoms with E-state index in [2.05, 4.69) is 18.2 Å². The fourth-order valence-electron chi connectivity index (χ4n) is 3.79. The van der Waals surface area contributed by atoms with Gasteiger partial charge < -0.3 is 0 Å². The van der Waals surface area contributed by atoms with Gasteiger partial charge in [0, 0.05) is 5.41 Å². The van der Waals surface area contributed by atoms with E-state index in [1.54, 1.807) is 5.57 Å². The molecule has 0 N–H and O–H groups in total. The summed E-state index contributed by atoms with van der Waals surface area (Å²) in [6.07, 6.45) is 20.5. The third-order valence-electron chi connectivity index (χ3n) is 4.71. The van der Waals surface area contributed by atoms with Gasteiger partial charge in [-0.05, 0) is 50.9 Å². The Morgan fingerprint density at radius 3 is 2.80 bits per heavy atom. The van der Waals surface area contributed by atoms with Crippen molar-refractivity contribution in [3.8, 4) is 0 Å². The van der Waals surface area contributed by atoms with Gasteiger partial charge in [-0.15, -0.1) is 0 Å². The highest BCUT2D eigenvalue weighted by Crippen LogP contribution is 2.54. The van der Waals surface area contributed by atoms with Crippen molar-refractivity contribution < 1.29 is 0 Å². The summed E-state index contributed by atoms with van der Waals surface area (Å²) in [6.45, 7) is 0. The number of rotatable bonds is 1. The zero-order valence-electron chi connectivity index (χ0n) is 9.67. The van der Waals surface area contributed by atoms with Gasteiger partial charge in [-0.2, -0.15) is 0 Å². The molecular formula is C15H22. The highest BCUT2D eigenvalue weighted by molar-refractivity contribution is 5.30. The molecule has 2 atom stereocenters. The van der Waals surface area contributed by atoms with E-state index < -0.39 is 0 Å². The topological polar surface area (TPSA) is 0 Å². The van der Waals surface area contributed by atoms with E-state index in [1.165, 1.54) is 57.8 Å². The van der Waals surface area contributed by atoms with Crippen molar-refractivity contribution in [3.05, 3.63) is 23.8 Å². The van der Waals surface area contributed by atoms with Crippen molar-refractivity contribution in [1.82, 2.24) is 0 Å². The molecule has 15 heavy (non-hydrogen) atoms. The Balaban J connectivity index is 1.82. The Morgan fingerprint density at radius 2 is 2.07 bits per heavy atom. The molecule has 82 valence electrons. The molecule has 0 amide bonds. The van der Waals surface area contributed by atoms with Crippen LogP contribution in [0.1, 0.15) is 57.8 Å². The molecule has 0 saturated heterocycles. The van der Waals surface area contributed by atoms with Gasteiger partial charge in [-0.25, -0.2) is 0 Å². The van der Waals surface area contributed by atoms with Crippen LogP contribution >= 0.6 is 0 Å². The molecule has 0 aliphatic heterocycles. The predicted molar refractivity (Wildman–Crippen MR) is 64.7 cm³/mol. The van der Waals surface area contributed by atoms with Crippen molar-refractivity contribution >= 4 is 0 Å². The lowest BCUT2D eigenvalue weighted by Crippen LogP contribution is -2.16. The van der Waals surface area contributed by atoms with Crippen LogP contribution in [0.25, 0.3) is 0 Å². The Labute approximate surface area is 93.5 Å². The van der Waals surface area contributed by atoms with Crippen LogP contribution in [0.4, 0.5) is 0 Å². The minimum absolute atomic E-state index is 0.544. The average Bonchev–Trinajstić information content (AvgIpc) is 2.77. The summed E-state index contributed by atoms with van der Waals surface area (Å²) in [4.78, 5) is 0. The maximum absolute atomic E-state index is 2.59. The number of allylic oxidation sites excluding steroid dienone is 4. The lowest BCUT2D eigenvalue weighted by atomic mass is 9.76. The van der Waals surface area contributed by atoms with E-state index >= 15 is 0 Å². The van der Waals surface area contributed by atoms with E-state index in [9.17, 15) is 0 Å². The summed E-state index contributed by atoms with van der Waals surface area (Å²) in [7, 11) is 0. The molecule has 3 aliphatic rings. The molecule has 0 radical (unpaired) electrons. The van der Waals surface area contributed by atoms with Gasteiger partial charge in [0.25, 0.3) is 0 Å². The molecule has 0 aromatic heterocycles. The molecule has 0 heteroatoms. The zero-order valence-corrected chi connectivity index (χ0v) is 9.67. The average molecular weight is 202 g/mol. The number of hydrogen-bond acceptors (Lipinski definition) is 0. The first-order chi connectivity index (χ1) is 7.39. The summed E-state index contributed by atoms with van der Waals surface area (Å²) in [5, 5.41) is 0. The van der Waals surface area contributed by atoms with Crippen molar-refractivity contribution in [3.63, 3.8) is 0 Å². The quantitative estimate of drug-likeness (QED) is 0.544. The highest BCUT2D eigenvalue weighted by atomic mass is 14.5. The molecule has 0 spiro atoms. The van der Waals surface area contributed by atoms with Crippen molar-refractivity contribution in [2.75, 3.05) is 0 Å². The van der Waals surface area contributed by atoms with Crippen LogP contribution in [0.3, 0.4) is 0 Å². The van der Waals surface area contributed by atoms with Crippen LogP contribution in [0.15, 0.2) is 23.8 Å². The van der Waals surface area contributed by atoms with E-state index in [1.807, 2.05) is 0 Å². The molecule has 0 heterocycles. The second-order valence-electron chi connectivity index (χ2n) is 5.70. The van der Waals surface area contributed by atoms with Gasteiger partial charge in [0.1, 0.15) is 0 Å². The molecule has 1 fully saturated rings. The fourth-order valence-corrected chi connectivity index (χ4v) is 3.79. The monoisotopic (exact) mass is 202 g/mol. The summed E-state index contributed by atoms with van der Waals surface area (Å²) in [5.74, 6) is 0.927. The third-order valence-corrected chi connectivity index (χ3v) is 4.71. The van der Waals surface area contributed by atoms with Crippen molar-refractivity contribution in [2.24, 2.45) is 11.3 Å². The summed E-state index contributed by atoms with van der Waals surface area (Å²) in [5.41, 5.74) is 2.35. The van der Waals surface area contributed by atoms with Crippen LogP contribution < -0.4 is 0 Å². The van der Waals surface area contributed by atoms with Crippen LogP contribution in [0, 0.1) is 11.3 Å². The first kappa shape index (κ1) is 9.69. The van der Waals surface area contributed by atoms with Gasteiger partial charge in [-0.3, -0.25) is 0 Å². The molecule has 3 aliphatic carbocycles. The van der Waals surface area contributed by atoms with Crippen molar-refractivity contribution in [2.45, 2.75) is 57.8 Å². The second kappa shape index (κ2) is 3.81. The Morgan fingerprint density at radius 1 is 1.13 bits per heavy atom. The van der Waals surface area contributed by atoms with Crippen molar-refractivity contribution in [1.29, 1.82) is 0 Å². The van der Waals surface area contributed by atoms with Gasteiger partial charge in [-0.1, -0.05) is 36.6 Å². The number of hydrogen-bond donors (Lipinski definition) is 0. The second-order valence-corrected chi connectivity index (χ2v) is 5.70. The standard InChI is InChI=1S/C15H22/c1-2-4-6-14(7-5-3-1)15-10-8-13(12-15)9-11-15/h6,8,10,13H,1-5,7,9,11-12H2. The minimum Gasteiger partial charge on any atom is -0.0845 e. The summed E-state index contributed by atoms with van der Waals surface area (Å²) >= 11 is 0. The number of fused-ring (bicyclic) bond motifs is 2. The first-order valence-corrected chi connectivity index (χ1v) is 6.78. The van der Waals surface area contributed by atoms with Crippen LogP contribution in [0.5, 0.6) is 0 Å². The first-order valence-electron chi connectivity index (χ1n) is 6.78. The fraction of sp³-hybridized carbons (Fsp3) is 0.733. The Kier molecular flexibility index (Phi) is 2.46. The lowest BCUT2D eigenvalue weighted by Gasteiger charge is -2.28. The summed E-state index contributed by atoms with van der Waals surface area (Å²) in [6, 6.07) is 0. The van der Waals surface area contributed by atoms with Gasteiger partial charge in [0.15, 0.2) is 0 Å². The Bertz CT molecular complexity index is 297. The smallest absolute Gasteiger partial charge is 0.00966 e. The Hall–Kier alpha value is -0.520. The molecule has 1 saturated carbocycles. The minimum atomic E-state index is 0.544. The zero-order chi connectivity index (χ0) is 10.1. The molecule has 2 bridgehead atoms. The maximum Gasteiger partial charge on any atom is 0.00966 e. The van der Waals surface area contributed by atoms with E-state index in [0.717, 1.165) is 5.92 Å². The van der Waals surface area contributed by atoms with Gasteiger partial charge >= 0.3 is 0 Å². The van der Waals surface area contributed by atoms with E-state index in [-0.39, 0.29) is 0 Å². The third kappa shape index (κ3) is 1.68. The maximum atomic E-state index is 2.59. The highest BCUT2D eigenvalue weighted by Gasteiger charge is 2.42. The molecule has 2 unspecified atom stereocenters. The van der Waals surface area contributed by atoms with Gasteiger partial charge in [0.05, 0.1) is 0 Å². The normalized spacial score (nSPS) is 40.0. The van der Waals surface area contributed by atoms with E-state index in [0.29, 0.717) is 5.41 Å². The summed E-state index contributed by atoms with van der Waals surface area (Å²) < 4.78 is 0.